The van der Waals surface area contributed by atoms with Crippen LogP contribution in [0.5, 0.6) is 0 Å². The monoisotopic (exact) mass is 308 g/mol. The molecule has 0 amide bonds. The van der Waals surface area contributed by atoms with Crippen LogP contribution in [0.1, 0.15) is 15.2 Å². The molecule has 2 aromatic heterocycles. The van der Waals surface area contributed by atoms with Gasteiger partial charge in [-0.2, -0.15) is 17.5 Å². The molecule has 9 heteroatoms. The van der Waals surface area contributed by atoms with Gasteiger partial charge < -0.3 is 5.11 Å². The van der Waals surface area contributed by atoms with Crippen molar-refractivity contribution in [2.24, 2.45) is 0 Å². The molecule has 100 valence electrons. The normalized spacial score (nSPS) is 11.6. The van der Waals surface area contributed by atoms with E-state index in [0.29, 0.717) is 0 Å². The summed E-state index contributed by atoms with van der Waals surface area (Å²) in [6.07, 6.45) is -3.60. The van der Waals surface area contributed by atoms with Crippen molar-refractivity contribution in [2.75, 3.05) is 0 Å². The zero-order valence-electron chi connectivity index (χ0n) is 8.90. The van der Waals surface area contributed by atoms with Crippen molar-refractivity contribution in [3.8, 4) is 11.4 Å². The van der Waals surface area contributed by atoms with Crippen LogP contribution < -0.4 is 0 Å². The summed E-state index contributed by atoms with van der Waals surface area (Å²) in [5, 5.41) is 8.74. The van der Waals surface area contributed by atoms with Crippen molar-refractivity contribution in [1.82, 2.24) is 9.36 Å². The van der Waals surface area contributed by atoms with Gasteiger partial charge in [-0.1, -0.05) is 11.6 Å². The Morgan fingerprint density at radius 3 is 2.58 bits per heavy atom. The quantitative estimate of drug-likeness (QED) is 0.921. The number of halogens is 4. The highest BCUT2D eigenvalue weighted by Gasteiger charge is 2.41. The van der Waals surface area contributed by atoms with Crippen LogP contribution in [0.2, 0.25) is 5.02 Å². The van der Waals surface area contributed by atoms with Crippen LogP contribution in [0, 0.1) is 0 Å². The molecule has 0 aromatic carbocycles. The molecule has 1 N–H and O–H groups in total. The van der Waals surface area contributed by atoms with Gasteiger partial charge in [0, 0.05) is 6.20 Å². The fraction of sp³-hybridized carbons (Fsp3) is 0.100. The molecule has 4 nitrogen and oxygen atoms in total. The van der Waals surface area contributed by atoms with E-state index in [1.165, 1.54) is 18.3 Å². The van der Waals surface area contributed by atoms with E-state index in [2.05, 4.69) is 9.36 Å². The van der Waals surface area contributed by atoms with Crippen molar-refractivity contribution >= 4 is 29.1 Å². The van der Waals surface area contributed by atoms with Crippen LogP contribution in [0.25, 0.3) is 11.4 Å². The predicted molar refractivity (Wildman–Crippen MR) is 62.3 cm³/mol. The van der Waals surface area contributed by atoms with Crippen molar-refractivity contribution in [1.29, 1.82) is 0 Å². The fourth-order valence-electron chi connectivity index (χ4n) is 1.42. The zero-order chi connectivity index (χ0) is 14.2. The molecule has 0 unspecified atom stereocenters. The Bertz CT molecular complexity index is 642. The number of carbonyl (C=O) groups is 1. The summed E-state index contributed by atoms with van der Waals surface area (Å²) in [4.78, 5) is 13.6. The highest BCUT2D eigenvalue weighted by molar-refractivity contribution is 7.08. The Hall–Kier alpha value is -1.67. The number of pyridine rings is 1. The fourth-order valence-corrected chi connectivity index (χ4v) is 2.37. The van der Waals surface area contributed by atoms with Gasteiger partial charge in [-0.15, -0.1) is 0 Å². The lowest BCUT2D eigenvalue weighted by Gasteiger charge is -2.08. The maximum atomic E-state index is 13.0. The molecular formula is C10H4ClF3N2O2S. The Morgan fingerprint density at radius 2 is 2.05 bits per heavy atom. The smallest absolute Gasteiger partial charge is 0.420 e. The Labute approximate surface area is 113 Å². The van der Waals surface area contributed by atoms with E-state index >= 15 is 0 Å². The summed E-state index contributed by atoms with van der Waals surface area (Å²) >= 11 is 6.00. The average molecular weight is 309 g/mol. The number of aromatic nitrogens is 2. The number of rotatable bonds is 2. The molecule has 0 radical (unpaired) electrons. The van der Waals surface area contributed by atoms with Gasteiger partial charge in [0.2, 0.25) is 0 Å². The molecular weight excluding hydrogens is 305 g/mol. The number of hydrogen-bond acceptors (Lipinski definition) is 4. The lowest BCUT2D eigenvalue weighted by atomic mass is 10.1. The Kier molecular flexibility index (Phi) is 3.46. The number of hydrogen-bond donors (Lipinski definition) is 1. The van der Waals surface area contributed by atoms with Gasteiger partial charge in [0.1, 0.15) is 21.8 Å². The third kappa shape index (κ3) is 2.54. The first-order chi connectivity index (χ1) is 8.82. The van der Waals surface area contributed by atoms with E-state index in [4.69, 9.17) is 16.7 Å². The number of carboxylic acid groups (broad SMARTS) is 1. The first-order valence-corrected chi connectivity index (χ1v) is 5.88. The summed E-state index contributed by atoms with van der Waals surface area (Å²) in [6.45, 7) is 0. The number of carboxylic acids is 1. The van der Waals surface area contributed by atoms with Crippen LogP contribution in [-0.2, 0) is 6.18 Å². The van der Waals surface area contributed by atoms with Crippen LogP contribution in [0.4, 0.5) is 13.2 Å². The lowest BCUT2D eigenvalue weighted by molar-refractivity contribution is -0.137. The molecule has 0 saturated heterocycles. The number of aromatic carboxylic acids is 1. The molecule has 0 aliphatic carbocycles. The Balaban J connectivity index is 2.73. The minimum atomic E-state index is -4.85. The third-order valence-electron chi connectivity index (χ3n) is 2.15. The zero-order valence-corrected chi connectivity index (χ0v) is 10.5. The van der Waals surface area contributed by atoms with E-state index in [1.807, 2.05) is 0 Å². The Morgan fingerprint density at radius 1 is 1.37 bits per heavy atom. The summed E-state index contributed by atoms with van der Waals surface area (Å²) in [7, 11) is 0. The van der Waals surface area contributed by atoms with Crippen molar-refractivity contribution in [2.45, 2.75) is 6.18 Å². The second-order valence-corrected chi connectivity index (χ2v) is 4.55. The molecule has 0 aliphatic rings. The average Bonchev–Trinajstić information content (AvgIpc) is 2.73. The van der Waals surface area contributed by atoms with E-state index in [9.17, 15) is 18.0 Å². The maximum Gasteiger partial charge on any atom is 0.420 e. The summed E-state index contributed by atoms with van der Waals surface area (Å²) in [5.74, 6) is -1.69. The van der Waals surface area contributed by atoms with Gasteiger partial charge in [0.15, 0.2) is 0 Å². The highest BCUT2D eigenvalue weighted by atomic mass is 35.5. The van der Waals surface area contributed by atoms with Crippen LogP contribution >= 0.6 is 23.1 Å². The van der Waals surface area contributed by atoms with Crippen LogP contribution in [-0.4, -0.2) is 20.4 Å². The van der Waals surface area contributed by atoms with E-state index in [0.717, 1.165) is 0 Å². The van der Waals surface area contributed by atoms with Gasteiger partial charge >= 0.3 is 12.1 Å². The lowest BCUT2D eigenvalue weighted by Crippen LogP contribution is -2.11. The molecule has 0 bridgehead atoms. The second kappa shape index (κ2) is 4.78. The number of alkyl halides is 3. The van der Waals surface area contributed by atoms with E-state index < -0.39 is 28.3 Å². The van der Waals surface area contributed by atoms with Crippen molar-refractivity contribution < 1.29 is 23.1 Å². The number of nitrogens with zero attached hydrogens (tertiary/aromatic N) is 2. The summed E-state index contributed by atoms with van der Waals surface area (Å²) in [6, 6.07) is 2.80. The molecule has 0 spiro atoms. The van der Waals surface area contributed by atoms with E-state index in [1.54, 1.807) is 0 Å². The van der Waals surface area contributed by atoms with Crippen molar-refractivity contribution in [3.63, 3.8) is 0 Å². The molecule has 0 fully saturated rings. The van der Waals surface area contributed by atoms with Gasteiger partial charge in [-0.3, -0.25) is 4.98 Å². The SMILES string of the molecule is O=C(O)c1snc(-c2ncccc2Cl)c1C(F)(F)F. The molecule has 0 aliphatic heterocycles. The largest absolute Gasteiger partial charge is 0.477 e. The first kappa shape index (κ1) is 13.8. The molecule has 19 heavy (non-hydrogen) atoms. The van der Waals surface area contributed by atoms with Gasteiger partial charge in [-0.25, -0.2) is 4.79 Å². The molecule has 0 saturated carbocycles. The van der Waals surface area contributed by atoms with Crippen LogP contribution in [0.15, 0.2) is 18.3 Å². The first-order valence-electron chi connectivity index (χ1n) is 4.73. The van der Waals surface area contributed by atoms with Gasteiger partial charge in [0.25, 0.3) is 0 Å². The standard InChI is InChI=1S/C10H4ClF3N2O2S/c11-4-2-1-3-15-6(4)7-5(10(12,13)14)8(9(17)18)19-16-7/h1-3H,(H,17,18). The van der Waals surface area contributed by atoms with Gasteiger partial charge in [-0.05, 0) is 23.7 Å². The summed E-state index contributed by atoms with van der Waals surface area (Å²) < 4.78 is 42.4. The van der Waals surface area contributed by atoms with E-state index in [-0.39, 0.29) is 22.2 Å². The maximum absolute atomic E-state index is 13.0. The molecule has 2 heterocycles. The minimum Gasteiger partial charge on any atom is -0.477 e. The summed E-state index contributed by atoms with van der Waals surface area (Å²) in [5.41, 5.74) is -2.09. The molecule has 0 atom stereocenters. The molecule has 2 rings (SSSR count). The topological polar surface area (TPSA) is 63.1 Å². The third-order valence-corrected chi connectivity index (χ3v) is 3.29. The van der Waals surface area contributed by atoms with Gasteiger partial charge in [0.05, 0.1) is 5.02 Å². The molecule has 2 aromatic rings. The minimum absolute atomic E-state index is 0.0322. The predicted octanol–water partition coefficient (Wildman–Crippen LogP) is 3.58. The second-order valence-electron chi connectivity index (χ2n) is 3.37. The highest BCUT2D eigenvalue weighted by Crippen LogP contribution is 2.41. The van der Waals surface area contributed by atoms with Crippen molar-refractivity contribution in [3.05, 3.63) is 33.8 Å². The van der Waals surface area contributed by atoms with Crippen LogP contribution in [0.3, 0.4) is 0 Å².